The molecule has 84 valence electrons. The number of benzene rings is 1. The molecule has 0 spiro atoms. The zero-order valence-corrected chi connectivity index (χ0v) is 9.94. The monoisotopic (exact) mass is 237 g/mol. The van der Waals surface area contributed by atoms with Crippen LogP contribution in [0.5, 0.6) is 0 Å². The molecule has 1 rings (SSSR count). The third-order valence-electron chi connectivity index (χ3n) is 2.55. The van der Waals surface area contributed by atoms with E-state index in [0.717, 1.165) is 16.7 Å². The highest BCUT2D eigenvalue weighted by atomic mass is 32.1. The fourth-order valence-electron chi connectivity index (χ4n) is 1.63. The lowest BCUT2D eigenvalue weighted by Crippen LogP contribution is -2.35. The lowest BCUT2D eigenvalue weighted by Gasteiger charge is -2.14. The van der Waals surface area contributed by atoms with Crippen LogP contribution in [0.2, 0.25) is 0 Å². The second-order valence-electron chi connectivity index (χ2n) is 3.48. The molecule has 1 aromatic rings. The largest absolute Gasteiger partial charge is 0.489 e. The van der Waals surface area contributed by atoms with Gasteiger partial charge in [-0.25, -0.2) is 0 Å². The summed E-state index contributed by atoms with van der Waals surface area (Å²) < 4.78 is 0. The van der Waals surface area contributed by atoms with Crippen LogP contribution in [0.4, 0.5) is 0 Å². The van der Waals surface area contributed by atoms with Crippen molar-refractivity contribution in [2.45, 2.75) is 25.3 Å². The van der Waals surface area contributed by atoms with E-state index in [1.165, 1.54) is 0 Å². The van der Waals surface area contributed by atoms with Gasteiger partial charge in [-0.15, -0.1) is 12.6 Å². The summed E-state index contributed by atoms with van der Waals surface area (Å²) in [6.07, 6.45) is 0. The van der Waals surface area contributed by atoms with Gasteiger partial charge in [-0.2, -0.15) is 0 Å². The van der Waals surface area contributed by atoms with E-state index in [0.29, 0.717) is 10.4 Å². The Hall–Kier alpha value is -1.14. The van der Waals surface area contributed by atoms with E-state index < -0.39 is 7.12 Å². The summed E-state index contributed by atoms with van der Waals surface area (Å²) >= 11 is 4.24. The van der Waals surface area contributed by atoms with Crippen LogP contribution in [0.3, 0.4) is 0 Å². The Morgan fingerprint density at radius 2 is 2.06 bits per heavy atom. The maximum absolute atomic E-state index is 9.28. The lowest BCUT2D eigenvalue weighted by molar-refractivity contribution is 0.425. The van der Waals surface area contributed by atoms with E-state index in [2.05, 4.69) is 22.7 Å². The molecule has 16 heavy (non-hydrogen) atoms. The molecule has 2 N–H and O–H groups in total. The van der Waals surface area contributed by atoms with Crippen molar-refractivity contribution in [1.82, 2.24) is 0 Å². The van der Waals surface area contributed by atoms with Crippen molar-refractivity contribution in [3.05, 3.63) is 33.2 Å². The highest BCUT2D eigenvalue weighted by molar-refractivity contribution is 7.80. The van der Waals surface area contributed by atoms with Gasteiger partial charge in [0.05, 0.1) is 6.54 Å². The Balaban J connectivity index is 3.37. The van der Waals surface area contributed by atoms with Crippen molar-refractivity contribution >= 4 is 25.2 Å². The predicted molar refractivity (Wildman–Crippen MR) is 65.8 cm³/mol. The van der Waals surface area contributed by atoms with Crippen molar-refractivity contribution in [3.8, 4) is 0 Å². The van der Waals surface area contributed by atoms with Gasteiger partial charge in [0.1, 0.15) is 0 Å². The summed E-state index contributed by atoms with van der Waals surface area (Å²) in [7, 11) is -1.54. The molecule has 0 aliphatic heterocycles. The Labute approximate surface area is 99.3 Å². The summed E-state index contributed by atoms with van der Waals surface area (Å²) in [5.74, 6) is 0. The topological polar surface area (TPSA) is 89.2 Å². The van der Waals surface area contributed by atoms with Gasteiger partial charge in [0.25, 0.3) is 0 Å². The molecule has 0 heterocycles. The minimum Gasteiger partial charge on any atom is -0.423 e. The lowest BCUT2D eigenvalue weighted by atomic mass is 9.73. The van der Waals surface area contributed by atoms with E-state index in [1.54, 1.807) is 19.9 Å². The zero-order chi connectivity index (χ0) is 12.3. The SMILES string of the molecule is Cc1c(S)cc(CN=[N+]=[N-])c(C)c1B(O)O. The fraction of sp³-hybridized carbons (Fsp3) is 0.333. The van der Waals surface area contributed by atoms with Gasteiger partial charge in [-0.05, 0) is 47.6 Å². The number of thiol groups is 1. The molecule has 5 nitrogen and oxygen atoms in total. The van der Waals surface area contributed by atoms with Gasteiger partial charge in [-0.1, -0.05) is 5.11 Å². The van der Waals surface area contributed by atoms with Gasteiger partial charge in [0.15, 0.2) is 0 Å². The Morgan fingerprint density at radius 3 is 2.56 bits per heavy atom. The van der Waals surface area contributed by atoms with Gasteiger partial charge >= 0.3 is 7.12 Å². The van der Waals surface area contributed by atoms with E-state index in [1.807, 2.05) is 0 Å². The maximum Gasteiger partial charge on any atom is 0.489 e. The molecule has 7 heteroatoms. The standard InChI is InChI=1S/C9H12BN3O2S/c1-5-7(4-12-13-11)3-8(16)6(2)9(5)10(14)15/h3,14-16H,4H2,1-2H3. The first-order valence-corrected chi connectivity index (χ1v) is 5.12. The molecule has 0 unspecified atom stereocenters. The number of hydrogen-bond acceptors (Lipinski definition) is 4. The van der Waals surface area contributed by atoms with E-state index in [9.17, 15) is 10.0 Å². The van der Waals surface area contributed by atoms with E-state index >= 15 is 0 Å². The fourth-order valence-corrected chi connectivity index (χ4v) is 1.91. The van der Waals surface area contributed by atoms with E-state index in [4.69, 9.17) is 5.53 Å². The third-order valence-corrected chi connectivity index (χ3v) is 3.01. The average Bonchev–Trinajstić information content (AvgIpc) is 2.21. The molecular weight excluding hydrogens is 225 g/mol. The molecule has 0 saturated carbocycles. The molecule has 0 atom stereocenters. The van der Waals surface area contributed by atoms with Crippen LogP contribution in [0, 0.1) is 13.8 Å². The van der Waals surface area contributed by atoms with Crippen molar-refractivity contribution in [3.63, 3.8) is 0 Å². The maximum atomic E-state index is 9.28. The summed E-state index contributed by atoms with van der Waals surface area (Å²) in [6.45, 7) is 3.70. The van der Waals surface area contributed by atoms with Crippen LogP contribution in [0.15, 0.2) is 16.1 Å². The molecule has 0 bridgehead atoms. The normalized spacial score (nSPS) is 9.81. The first-order valence-electron chi connectivity index (χ1n) is 4.68. The van der Waals surface area contributed by atoms with Crippen molar-refractivity contribution in [2.75, 3.05) is 0 Å². The molecular formula is C9H12BN3O2S. The molecule has 0 aliphatic rings. The molecule has 0 saturated heterocycles. The van der Waals surface area contributed by atoms with Crippen LogP contribution in [0.25, 0.3) is 10.4 Å². The summed E-state index contributed by atoms with van der Waals surface area (Å²) in [5, 5.41) is 22.0. The Morgan fingerprint density at radius 1 is 1.44 bits per heavy atom. The zero-order valence-electron chi connectivity index (χ0n) is 9.05. The Bertz CT molecular complexity index is 459. The highest BCUT2D eigenvalue weighted by Gasteiger charge is 2.20. The highest BCUT2D eigenvalue weighted by Crippen LogP contribution is 2.18. The van der Waals surface area contributed by atoms with Gasteiger partial charge in [-0.3, -0.25) is 0 Å². The van der Waals surface area contributed by atoms with Crippen LogP contribution in [-0.2, 0) is 6.54 Å². The molecule has 0 amide bonds. The number of azide groups is 1. The van der Waals surface area contributed by atoms with Gasteiger partial charge in [0.2, 0.25) is 0 Å². The average molecular weight is 237 g/mol. The number of nitrogens with zero attached hydrogens (tertiary/aromatic N) is 3. The minimum atomic E-state index is -1.54. The Kier molecular flexibility index (Phi) is 4.26. The molecule has 0 aliphatic carbocycles. The van der Waals surface area contributed by atoms with E-state index in [-0.39, 0.29) is 6.54 Å². The first-order chi connectivity index (χ1) is 7.49. The summed E-state index contributed by atoms with van der Waals surface area (Å²) in [5.41, 5.74) is 10.9. The number of rotatable bonds is 3. The van der Waals surface area contributed by atoms with Crippen molar-refractivity contribution in [2.24, 2.45) is 5.11 Å². The summed E-state index contributed by atoms with van der Waals surface area (Å²) in [6, 6.07) is 1.77. The molecule has 0 fully saturated rings. The second-order valence-corrected chi connectivity index (χ2v) is 3.96. The smallest absolute Gasteiger partial charge is 0.423 e. The third kappa shape index (κ3) is 2.51. The quantitative estimate of drug-likeness (QED) is 0.241. The van der Waals surface area contributed by atoms with Gasteiger partial charge < -0.3 is 10.0 Å². The first kappa shape index (κ1) is 12.9. The predicted octanol–water partition coefficient (Wildman–Crippen LogP) is 1.08. The van der Waals surface area contributed by atoms with Crippen LogP contribution in [-0.4, -0.2) is 17.2 Å². The van der Waals surface area contributed by atoms with Gasteiger partial charge in [0, 0.05) is 9.81 Å². The second kappa shape index (κ2) is 5.27. The molecule has 1 aromatic carbocycles. The molecule has 0 aromatic heterocycles. The minimum absolute atomic E-state index is 0.176. The summed E-state index contributed by atoms with van der Waals surface area (Å²) in [4.78, 5) is 3.32. The van der Waals surface area contributed by atoms with Crippen LogP contribution >= 0.6 is 12.6 Å². The van der Waals surface area contributed by atoms with Crippen LogP contribution < -0.4 is 5.46 Å². The number of hydrogen-bond donors (Lipinski definition) is 3. The van der Waals surface area contributed by atoms with Crippen LogP contribution in [0.1, 0.15) is 16.7 Å². The van der Waals surface area contributed by atoms with Crippen molar-refractivity contribution in [1.29, 1.82) is 0 Å². The van der Waals surface area contributed by atoms with Crippen molar-refractivity contribution < 1.29 is 10.0 Å². The molecule has 0 radical (unpaired) electrons.